The zero-order valence-electron chi connectivity index (χ0n) is 10.8. The Morgan fingerprint density at radius 2 is 2.28 bits per heavy atom. The fraction of sp³-hybridized carbons (Fsp3) is 0.538. The predicted molar refractivity (Wildman–Crippen MR) is 71.7 cm³/mol. The summed E-state index contributed by atoms with van der Waals surface area (Å²) in [5.74, 6) is 0.281. The molecule has 1 heterocycles. The first-order valence-electron chi connectivity index (χ1n) is 6.37. The number of pyridine rings is 1. The van der Waals surface area contributed by atoms with Gasteiger partial charge >= 0.3 is 0 Å². The molecule has 1 aromatic heterocycles. The van der Waals surface area contributed by atoms with E-state index in [1.807, 2.05) is 18.0 Å². The predicted octanol–water partition coefficient (Wildman–Crippen LogP) is 0.454. The third kappa shape index (κ3) is 2.46. The summed E-state index contributed by atoms with van der Waals surface area (Å²) in [5.41, 5.74) is 13.7. The van der Waals surface area contributed by atoms with Crippen LogP contribution < -0.4 is 16.4 Å². The number of nitrogens with zero attached hydrogens (tertiary/aromatic N) is 2. The van der Waals surface area contributed by atoms with Crippen LogP contribution in [0.1, 0.15) is 34.5 Å². The Morgan fingerprint density at radius 1 is 1.50 bits per heavy atom. The third-order valence-corrected chi connectivity index (χ3v) is 3.36. The zero-order valence-corrected chi connectivity index (χ0v) is 10.8. The van der Waals surface area contributed by atoms with Crippen molar-refractivity contribution in [1.29, 1.82) is 0 Å². The van der Waals surface area contributed by atoms with E-state index in [0.717, 1.165) is 37.9 Å². The van der Waals surface area contributed by atoms with Gasteiger partial charge in [0, 0.05) is 19.3 Å². The van der Waals surface area contributed by atoms with Crippen LogP contribution in [0.2, 0.25) is 0 Å². The van der Waals surface area contributed by atoms with Crippen molar-refractivity contribution in [3.05, 3.63) is 22.9 Å². The highest BCUT2D eigenvalue weighted by Crippen LogP contribution is 2.26. The SMILES string of the molecule is CN(CCCN)c1nc2c(cc1C(N)=O)CCC2. The smallest absolute Gasteiger partial charge is 0.252 e. The molecule has 0 unspecified atom stereocenters. The molecule has 0 aromatic carbocycles. The Kier molecular flexibility index (Phi) is 3.81. The molecule has 18 heavy (non-hydrogen) atoms. The third-order valence-electron chi connectivity index (χ3n) is 3.36. The number of nitrogens with two attached hydrogens (primary N) is 2. The van der Waals surface area contributed by atoms with E-state index in [1.165, 1.54) is 5.56 Å². The molecule has 1 aliphatic carbocycles. The lowest BCUT2D eigenvalue weighted by atomic mass is 10.1. The van der Waals surface area contributed by atoms with E-state index in [9.17, 15) is 4.79 Å². The van der Waals surface area contributed by atoms with Gasteiger partial charge in [0.2, 0.25) is 0 Å². The number of anilines is 1. The molecule has 0 radical (unpaired) electrons. The quantitative estimate of drug-likeness (QED) is 0.792. The Hall–Kier alpha value is -1.62. The van der Waals surface area contributed by atoms with Gasteiger partial charge in [-0.1, -0.05) is 0 Å². The summed E-state index contributed by atoms with van der Waals surface area (Å²) in [6.45, 7) is 1.41. The number of hydrogen-bond acceptors (Lipinski definition) is 4. The molecular formula is C13H20N4O. The number of aryl methyl sites for hydroxylation is 2. The van der Waals surface area contributed by atoms with Crippen LogP contribution in [0.5, 0.6) is 0 Å². The van der Waals surface area contributed by atoms with Gasteiger partial charge in [0.05, 0.1) is 5.56 Å². The Bertz CT molecular complexity index is 459. The summed E-state index contributed by atoms with van der Waals surface area (Å²) in [7, 11) is 1.92. The number of carbonyl (C=O) groups excluding carboxylic acids is 1. The summed E-state index contributed by atoms with van der Waals surface area (Å²) in [6.07, 6.45) is 3.96. The van der Waals surface area contributed by atoms with Gasteiger partial charge in [-0.25, -0.2) is 4.98 Å². The van der Waals surface area contributed by atoms with Crippen molar-refractivity contribution in [3.63, 3.8) is 0 Å². The van der Waals surface area contributed by atoms with Crippen LogP contribution in [-0.4, -0.2) is 31.0 Å². The zero-order chi connectivity index (χ0) is 13.1. The standard InChI is InChI=1S/C13H20N4O/c1-17(7-3-6-14)13-10(12(15)18)8-9-4-2-5-11(9)16-13/h8H,2-7,14H2,1H3,(H2,15,18). The Labute approximate surface area is 107 Å². The van der Waals surface area contributed by atoms with Crippen molar-refractivity contribution in [2.45, 2.75) is 25.7 Å². The van der Waals surface area contributed by atoms with Crippen molar-refractivity contribution in [3.8, 4) is 0 Å². The van der Waals surface area contributed by atoms with E-state index >= 15 is 0 Å². The van der Waals surface area contributed by atoms with Gasteiger partial charge < -0.3 is 16.4 Å². The maximum atomic E-state index is 11.5. The summed E-state index contributed by atoms with van der Waals surface area (Å²) in [4.78, 5) is 18.1. The molecule has 0 saturated carbocycles. The van der Waals surface area contributed by atoms with Crippen LogP contribution in [0.4, 0.5) is 5.82 Å². The van der Waals surface area contributed by atoms with Crippen molar-refractivity contribution in [1.82, 2.24) is 4.98 Å². The average Bonchev–Trinajstić information content (AvgIpc) is 2.81. The minimum absolute atomic E-state index is 0.410. The molecule has 5 nitrogen and oxygen atoms in total. The van der Waals surface area contributed by atoms with Gasteiger partial charge in [0.25, 0.3) is 5.91 Å². The minimum atomic E-state index is -0.410. The van der Waals surface area contributed by atoms with E-state index in [4.69, 9.17) is 11.5 Å². The first-order valence-corrected chi connectivity index (χ1v) is 6.37. The summed E-state index contributed by atoms with van der Waals surface area (Å²) < 4.78 is 0. The van der Waals surface area contributed by atoms with Gasteiger partial charge in [-0.05, 0) is 43.9 Å². The van der Waals surface area contributed by atoms with Crippen LogP contribution in [0, 0.1) is 0 Å². The van der Waals surface area contributed by atoms with Gasteiger partial charge in [0.1, 0.15) is 5.82 Å². The van der Waals surface area contributed by atoms with Crippen LogP contribution >= 0.6 is 0 Å². The maximum Gasteiger partial charge on any atom is 0.252 e. The fourth-order valence-corrected chi connectivity index (χ4v) is 2.37. The number of carbonyl (C=O) groups is 1. The molecule has 0 fully saturated rings. The highest BCUT2D eigenvalue weighted by Gasteiger charge is 2.20. The Balaban J connectivity index is 2.35. The van der Waals surface area contributed by atoms with Crippen LogP contribution in [0.15, 0.2) is 6.07 Å². The van der Waals surface area contributed by atoms with E-state index in [-0.39, 0.29) is 0 Å². The molecule has 2 rings (SSSR count). The molecule has 5 heteroatoms. The molecule has 1 aromatic rings. The maximum absolute atomic E-state index is 11.5. The van der Waals surface area contributed by atoms with Crippen molar-refractivity contribution in [2.24, 2.45) is 11.5 Å². The number of primary amides is 1. The summed E-state index contributed by atoms with van der Waals surface area (Å²) in [5, 5.41) is 0. The topological polar surface area (TPSA) is 85.2 Å². The van der Waals surface area contributed by atoms with Crippen LogP contribution in [0.25, 0.3) is 0 Å². The second-order valence-electron chi connectivity index (χ2n) is 4.75. The first-order chi connectivity index (χ1) is 8.63. The normalized spacial score (nSPS) is 13.4. The number of fused-ring (bicyclic) bond motifs is 1. The van der Waals surface area contributed by atoms with Crippen molar-refractivity contribution >= 4 is 11.7 Å². The van der Waals surface area contributed by atoms with Gasteiger partial charge in [-0.2, -0.15) is 0 Å². The molecule has 1 aliphatic rings. The molecule has 0 bridgehead atoms. The van der Waals surface area contributed by atoms with Crippen molar-refractivity contribution in [2.75, 3.05) is 25.0 Å². The van der Waals surface area contributed by atoms with Crippen LogP contribution in [-0.2, 0) is 12.8 Å². The van der Waals surface area contributed by atoms with E-state index in [2.05, 4.69) is 4.98 Å². The molecule has 4 N–H and O–H groups in total. The molecule has 0 saturated heterocycles. The van der Waals surface area contributed by atoms with Crippen molar-refractivity contribution < 1.29 is 4.79 Å². The lowest BCUT2D eigenvalue weighted by Crippen LogP contribution is -2.26. The fourth-order valence-electron chi connectivity index (χ4n) is 2.37. The highest BCUT2D eigenvalue weighted by molar-refractivity contribution is 5.98. The minimum Gasteiger partial charge on any atom is -0.365 e. The number of amides is 1. The molecule has 98 valence electrons. The van der Waals surface area contributed by atoms with E-state index in [1.54, 1.807) is 0 Å². The second kappa shape index (κ2) is 5.35. The summed E-state index contributed by atoms with van der Waals surface area (Å²) >= 11 is 0. The van der Waals surface area contributed by atoms with Gasteiger partial charge in [0.15, 0.2) is 0 Å². The molecule has 0 spiro atoms. The average molecular weight is 248 g/mol. The lowest BCUT2D eigenvalue weighted by Gasteiger charge is -2.21. The van der Waals surface area contributed by atoms with Gasteiger partial charge in [-0.15, -0.1) is 0 Å². The van der Waals surface area contributed by atoms with Crippen LogP contribution in [0.3, 0.4) is 0 Å². The largest absolute Gasteiger partial charge is 0.365 e. The van der Waals surface area contributed by atoms with E-state index < -0.39 is 5.91 Å². The van der Waals surface area contributed by atoms with E-state index in [0.29, 0.717) is 17.9 Å². The highest BCUT2D eigenvalue weighted by atomic mass is 16.1. The molecular weight excluding hydrogens is 228 g/mol. The molecule has 0 aliphatic heterocycles. The number of hydrogen-bond donors (Lipinski definition) is 2. The Morgan fingerprint density at radius 3 is 2.94 bits per heavy atom. The molecule has 0 atom stereocenters. The monoisotopic (exact) mass is 248 g/mol. The molecule has 1 amide bonds. The lowest BCUT2D eigenvalue weighted by molar-refractivity contribution is 0.100. The van der Waals surface area contributed by atoms with Gasteiger partial charge in [-0.3, -0.25) is 4.79 Å². The number of rotatable bonds is 5. The second-order valence-corrected chi connectivity index (χ2v) is 4.75. The first kappa shape index (κ1) is 12.8. The number of aromatic nitrogens is 1. The summed E-state index contributed by atoms with van der Waals surface area (Å²) in [6, 6.07) is 1.91.